The molecular formula is C22H28N4OS. The SMILES string of the molecule is CCN(C(N)=S)c1ccc2oc(C)c(CCN(C)CCc3ccncc3)c2c1. The summed E-state index contributed by atoms with van der Waals surface area (Å²) < 4.78 is 5.98. The fourth-order valence-electron chi connectivity index (χ4n) is 3.49. The third-order valence-electron chi connectivity index (χ3n) is 5.15. The summed E-state index contributed by atoms with van der Waals surface area (Å²) >= 11 is 5.18. The number of aryl methyl sites for hydroxylation is 1. The molecule has 0 amide bonds. The molecule has 148 valence electrons. The molecule has 28 heavy (non-hydrogen) atoms. The maximum atomic E-state index is 5.98. The molecule has 1 aromatic carbocycles. The Balaban J connectivity index is 1.71. The van der Waals surface area contributed by atoms with E-state index in [4.69, 9.17) is 22.4 Å². The van der Waals surface area contributed by atoms with E-state index < -0.39 is 0 Å². The highest BCUT2D eigenvalue weighted by molar-refractivity contribution is 7.80. The van der Waals surface area contributed by atoms with Crippen LogP contribution in [0.15, 0.2) is 47.1 Å². The van der Waals surface area contributed by atoms with E-state index in [0.29, 0.717) is 5.11 Å². The van der Waals surface area contributed by atoms with Crippen LogP contribution in [0.25, 0.3) is 11.0 Å². The van der Waals surface area contributed by atoms with Crippen LogP contribution in [0.2, 0.25) is 0 Å². The molecule has 3 aromatic rings. The van der Waals surface area contributed by atoms with Gasteiger partial charge >= 0.3 is 0 Å². The molecular weight excluding hydrogens is 368 g/mol. The van der Waals surface area contributed by atoms with Crippen molar-refractivity contribution in [3.63, 3.8) is 0 Å². The van der Waals surface area contributed by atoms with Crippen LogP contribution < -0.4 is 10.6 Å². The zero-order valence-electron chi connectivity index (χ0n) is 16.8. The topological polar surface area (TPSA) is 58.5 Å². The summed E-state index contributed by atoms with van der Waals surface area (Å²) in [7, 11) is 2.16. The number of nitrogens with zero attached hydrogens (tertiary/aromatic N) is 3. The number of thiocarbonyl (C=S) groups is 1. The number of rotatable bonds is 8. The highest BCUT2D eigenvalue weighted by atomic mass is 32.1. The van der Waals surface area contributed by atoms with E-state index in [0.717, 1.165) is 54.9 Å². The van der Waals surface area contributed by atoms with E-state index in [2.05, 4.69) is 35.1 Å². The predicted molar refractivity (Wildman–Crippen MR) is 120 cm³/mol. The van der Waals surface area contributed by atoms with Gasteiger partial charge in [-0.3, -0.25) is 4.98 Å². The largest absolute Gasteiger partial charge is 0.461 e. The molecule has 0 fully saturated rings. The molecule has 0 unspecified atom stereocenters. The third-order valence-corrected chi connectivity index (χ3v) is 5.37. The van der Waals surface area contributed by atoms with Gasteiger partial charge in [-0.15, -0.1) is 0 Å². The van der Waals surface area contributed by atoms with E-state index in [1.165, 1.54) is 11.1 Å². The molecule has 3 rings (SSSR count). The Morgan fingerprint density at radius 1 is 1.14 bits per heavy atom. The smallest absolute Gasteiger partial charge is 0.170 e. The predicted octanol–water partition coefficient (Wildman–Crippen LogP) is 3.92. The van der Waals surface area contributed by atoms with Crippen molar-refractivity contribution < 1.29 is 4.42 Å². The Labute approximate surface area is 172 Å². The summed E-state index contributed by atoms with van der Waals surface area (Å²) in [6.07, 6.45) is 5.66. The summed E-state index contributed by atoms with van der Waals surface area (Å²) in [6, 6.07) is 10.3. The Hall–Kier alpha value is -2.44. The van der Waals surface area contributed by atoms with E-state index in [9.17, 15) is 0 Å². The molecule has 0 radical (unpaired) electrons. The van der Waals surface area contributed by atoms with Gasteiger partial charge in [0.2, 0.25) is 0 Å². The first kappa shape index (κ1) is 20.3. The summed E-state index contributed by atoms with van der Waals surface area (Å²) in [5.74, 6) is 0.980. The van der Waals surface area contributed by atoms with Crippen molar-refractivity contribution in [1.82, 2.24) is 9.88 Å². The number of nitrogens with two attached hydrogens (primary N) is 1. The van der Waals surface area contributed by atoms with Crippen LogP contribution in [0, 0.1) is 6.92 Å². The van der Waals surface area contributed by atoms with Gasteiger partial charge in [0.25, 0.3) is 0 Å². The molecule has 0 aliphatic heterocycles. The van der Waals surface area contributed by atoms with Crippen molar-refractivity contribution in [3.05, 3.63) is 59.6 Å². The molecule has 0 saturated heterocycles. The highest BCUT2D eigenvalue weighted by Crippen LogP contribution is 2.30. The Morgan fingerprint density at radius 3 is 2.54 bits per heavy atom. The number of pyridine rings is 1. The lowest BCUT2D eigenvalue weighted by atomic mass is 10.1. The van der Waals surface area contributed by atoms with Crippen LogP contribution in [0.5, 0.6) is 0 Å². The lowest BCUT2D eigenvalue weighted by molar-refractivity contribution is 0.342. The standard InChI is InChI=1S/C22H28N4OS/c1-4-26(22(23)28)18-5-6-21-20(15-18)19(16(2)27-21)10-14-25(3)13-9-17-7-11-24-12-8-17/h5-8,11-12,15H,4,9-10,13-14H2,1-3H3,(H2,23,28). The first-order valence-electron chi connectivity index (χ1n) is 9.66. The number of furan rings is 1. The average Bonchev–Trinajstić information content (AvgIpc) is 3.00. The van der Waals surface area contributed by atoms with Gasteiger partial charge in [-0.1, -0.05) is 0 Å². The number of anilines is 1. The van der Waals surface area contributed by atoms with Crippen molar-refractivity contribution >= 4 is 34.0 Å². The molecule has 0 spiro atoms. The van der Waals surface area contributed by atoms with Crippen LogP contribution >= 0.6 is 12.2 Å². The second-order valence-corrected chi connectivity index (χ2v) is 7.48. The monoisotopic (exact) mass is 396 g/mol. The minimum absolute atomic E-state index is 0.388. The summed E-state index contributed by atoms with van der Waals surface area (Å²) in [5, 5.41) is 1.53. The number of aromatic nitrogens is 1. The van der Waals surface area contributed by atoms with Crippen molar-refractivity contribution in [2.45, 2.75) is 26.7 Å². The number of hydrogen-bond donors (Lipinski definition) is 1. The molecule has 2 heterocycles. The van der Waals surface area contributed by atoms with Crippen molar-refractivity contribution in [2.75, 3.05) is 31.6 Å². The quantitative estimate of drug-likeness (QED) is 0.582. The molecule has 0 atom stereocenters. The third kappa shape index (κ3) is 4.69. The van der Waals surface area contributed by atoms with Gasteiger partial charge in [0.1, 0.15) is 11.3 Å². The van der Waals surface area contributed by atoms with Crippen LogP contribution in [-0.2, 0) is 12.8 Å². The van der Waals surface area contributed by atoms with Gasteiger partial charge in [-0.05, 0) is 81.8 Å². The molecule has 0 bridgehead atoms. The fourth-order valence-corrected chi connectivity index (χ4v) is 3.72. The van der Waals surface area contributed by atoms with Gasteiger partial charge in [-0.2, -0.15) is 0 Å². The highest BCUT2D eigenvalue weighted by Gasteiger charge is 2.15. The minimum Gasteiger partial charge on any atom is -0.461 e. The molecule has 0 aliphatic rings. The van der Waals surface area contributed by atoms with Gasteiger partial charge in [0.15, 0.2) is 5.11 Å². The number of fused-ring (bicyclic) bond motifs is 1. The Bertz CT molecular complexity index is 938. The minimum atomic E-state index is 0.388. The number of likely N-dealkylation sites (N-methyl/N-ethyl adjacent to an activating group) is 1. The zero-order chi connectivity index (χ0) is 20.1. The van der Waals surface area contributed by atoms with E-state index in [1.807, 2.05) is 43.3 Å². The molecule has 0 aliphatic carbocycles. The second-order valence-electron chi connectivity index (χ2n) is 7.06. The first-order valence-corrected chi connectivity index (χ1v) is 10.1. The first-order chi connectivity index (χ1) is 13.5. The van der Waals surface area contributed by atoms with Crippen LogP contribution in [-0.4, -0.2) is 41.7 Å². The van der Waals surface area contributed by atoms with Gasteiger partial charge in [0, 0.05) is 48.7 Å². The van der Waals surface area contributed by atoms with E-state index >= 15 is 0 Å². The fraction of sp³-hybridized carbons (Fsp3) is 0.364. The normalized spacial score (nSPS) is 11.3. The molecule has 6 heteroatoms. The average molecular weight is 397 g/mol. The van der Waals surface area contributed by atoms with Gasteiger partial charge < -0.3 is 20.0 Å². The maximum absolute atomic E-state index is 5.98. The molecule has 5 nitrogen and oxygen atoms in total. The van der Waals surface area contributed by atoms with Crippen molar-refractivity contribution in [1.29, 1.82) is 0 Å². The summed E-state index contributed by atoms with van der Waals surface area (Å²) in [4.78, 5) is 8.36. The van der Waals surface area contributed by atoms with Crippen LogP contribution in [0.1, 0.15) is 23.8 Å². The second kappa shape index (κ2) is 9.17. The lowest BCUT2D eigenvalue weighted by Crippen LogP contribution is -2.35. The molecule has 0 saturated carbocycles. The Kier molecular flexibility index (Phi) is 6.65. The maximum Gasteiger partial charge on any atom is 0.170 e. The number of benzene rings is 1. The molecule has 2 aromatic heterocycles. The van der Waals surface area contributed by atoms with Crippen molar-refractivity contribution in [2.24, 2.45) is 5.73 Å². The zero-order valence-corrected chi connectivity index (χ0v) is 17.6. The lowest BCUT2D eigenvalue weighted by Gasteiger charge is -2.21. The summed E-state index contributed by atoms with van der Waals surface area (Å²) in [6.45, 7) is 6.80. The van der Waals surface area contributed by atoms with Crippen LogP contribution in [0.4, 0.5) is 5.69 Å². The van der Waals surface area contributed by atoms with Gasteiger partial charge in [0.05, 0.1) is 0 Å². The Morgan fingerprint density at radius 2 is 1.86 bits per heavy atom. The van der Waals surface area contributed by atoms with Crippen molar-refractivity contribution in [3.8, 4) is 0 Å². The molecule has 2 N–H and O–H groups in total. The van der Waals surface area contributed by atoms with Gasteiger partial charge in [-0.25, -0.2) is 0 Å². The van der Waals surface area contributed by atoms with E-state index in [-0.39, 0.29) is 0 Å². The van der Waals surface area contributed by atoms with Crippen LogP contribution in [0.3, 0.4) is 0 Å². The summed E-state index contributed by atoms with van der Waals surface area (Å²) in [5.41, 5.74) is 10.4. The number of hydrogen-bond acceptors (Lipinski definition) is 4. The van der Waals surface area contributed by atoms with E-state index in [1.54, 1.807) is 0 Å².